The summed E-state index contributed by atoms with van der Waals surface area (Å²) in [7, 11) is 0. The number of hydrogen-bond donors (Lipinski definition) is 3. The van der Waals surface area contributed by atoms with Crippen LogP contribution in [0.25, 0.3) is 0 Å². The summed E-state index contributed by atoms with van der Waals surface area (Å²) >= 11 is 0. The zero-order valence-electron chi connectivity index (χ0n) is 19.4. The standard InChI is InChI=1S/C25H36N4O2.HI/c1-4-26-25(27-17-23(30)18-31-24-12-7-9-19(2)15-24)28-20(3)21-10-8-11-22(16-21)29-13-5-6-14-29;/h7-12,15-16,20,23,30H,4-6,13-14,17-18H2,1-3H3,(H2,26,27,28);1H. The predicted octanol–water partition coefficient (Wildman–Crippen LogP) is 4.27. The number of nitrogens with zero attached hydrogens (tertiary/aromatic N) is 2. The molecule has 0 spiro atoms. The lowest BCUT2D eigenvalue weighted by atomic mass is 10.1. The van der Waals surface area contributed by atoms with Crippen LogP contribution in [0.5, 0.6) is 5.75 Å². The van der Waals surface area contributed by atoms with Crippen molar-refractivity contribution in [2.45, 2.75) is 45.8 Å². The molecule has 0 aromatic heterocycles. The van der Waals surface area contributed by atoms with Gasteiger partial charge in [0.2, 0.25) is 0 Å². The Bertz CT molecular complexity index is 855. The monoisotopic (exact) mass is 552 g/mol. The Kier molecular flexibility index (Phi) is 11.1. The smallest absolute Gasteiger partial charge is 0.191 e. The van der Waals surface area contributed by atoms with Crippen LogP contribution in [0.4, 0.5) is 5.69 Å². The number of halogens is 1. The maximum absolute atomic E-state index is 10.3. The highest BCUT2D eigenvalue weighted by molar-refractivity contribution is 14.0. The second-order valence-corrected chi connectivity index (χ2v) is 8.16. The molecule has 7 heteroatoms. The third kappa shape index (κ3) is 8.16. The highest BCUT2D eigenvalue weighted by Gasteiger charge is 2.15. The van der Waals surface area contributed by atoms with Gasteiger partial charge in [-0.1, -0.05) is 24.3 Å². The van der Waals surface area contributed by atoms with E-state index in [4.69, 9.17) is 4.74 Å². The summed E-state index contributed by atoms with van der Waals surface area (Å²) in [6, 6.07) is 16.6. The van der Waals surface area contributed by atoms with Crippen molar-refractivity contribution in [2.75, 3.05) is 37.7 Å². The van der Waals surface area contributed by atoms with E-state index < -0.39 is 6.10 Å². The van der Waals surface area contributed by atoms with Crippen LogP contribution in [0, 0.1) is 6.92 Å². The highest BCUT2D eigenvalue weighted by atomic mass is 127. The van der Waals surface area contributed by atoms with Crippen LogP contribution in [0.3, 0.4) is 0 Å². The highest BCUT2D eigenvalue weighted by Crippen LogP contribution is 2.24. The van der Waals surface area contributed by atoms with Gasteiger partial charge in [-0.25, -0.2) is 0 Å². The van der Waals surface area contributed by atoms with Gasteiger partial charge in [-0.15, -0.1) is 24.0 Å². The maximum Gasteiger partial charge on any atom is 0.191 e. The number of aliphatic hydroxyl groups is 1. The second-order valence-electron chi connectivity index (χ2n) is 8.16. The molecule has 1 heterocycles. The van der Waals surface area contributed by atoms with Crippen molar-refractivity contribution in [3.63, 3.8) is 0 Å². The van der Waals surface area contributed by atoms with Crippen molar-refractivity contribution < 1.29 is 9.84 Å². The van der Waals surface area contributed by atoms with Gasteiger partial charge >= 0.3 is 0 Å². The van der Waals surface area contributed by atoms with E-state index in [2.05, 4.69) is 51.7 Å². The average molecular weight is 553 g/mol. The number of aliphatic imine (C=N–C) groups is 1. The quantitative estimate of drug-likeness (QED) is 0.246. The first kappa shape index (κ1) is 26.3. The number of anilines is 1. The Morgan fingerprint density at radius 1 is 1.16 bits per heavy atom. The summed E-state index contributed by atoms with van der Waals surface area (Å²) in [5.41, 5.74) is 3.64. The van der Waals surface area contributed by atoms with Crippen LogP contribution in [-0.4, -0.2) is 50.0 Å². The first-order valence-electron chi connectivity index (χ1n) is 11.3. The fraction of sp³-hybridized carbons (Fsp3) is 0.480. The van der Waals surface area contributed by atoms with Crippen molar-refractivity contribution in [2.24, 2.45) is 4.99 Å². The Morgan fingerprint density at radius 2 is 1.91 bits per heavy atom. The van der Waals surface area contributed by atoms with E-state index in [1.807, 2.05) is 38.1 Å². The molecule has 1 aliphatic heterocycles. The topological polar surface area (TPSA) is 69.1 Å². The number of rotatable bonds is 9. The maximum atomic E-state index is 10.3. The Labute approximate surface area is 209 Å². The summed E-state index contributed by atoms with van der Waals surface area (Å²) < 4.78 is 5.69. The summed E-state index contributed by atoms with van der Waals surface area (Å²) in [6.45, 7) is 9.68. The lowest BCUT2D eigenvalue weighted by Gasteiger charge is -2.22. The molecule has 6 nitrogen and oxygen atoms in total. The van der Waals surface area contributed by atoms with Gasteiger partial charge in [0.15, 0.2) is 5.96 Å². The van der Waals surface area contributed by atoms with E-state index in [9.17, 15) is 5.11 Å². The lowest BCUT2D eigenvalue weighted by Crippen LogP contribution is -2.39. The molecular formula is C25H37IN4O2. The van der Waals surface area contributed by atoms with E-state index in [-0.39, 0.29) is 43.2 Å². The zero-order valence-corrected chi connectivity index (χ0v) is 21.7. The number of guanidine groups is 1. The molecule has 3 N–H and O–H groups in total. The first-order chi connectivity index (χ1) is 15.0. The van der Waals surface area contributed by atoms with Gasteiger partial charge in [0, 0.05) is 25.3 Å². The largest absolute Gasteiger partial charge is 0.491 e. The van der Waals surface area contributed by atoms with Crippen molar-refractivity contribution >= 4 is 35.6 Å². The molecule has 2 aromatic rings. The minimum absolute atomic E-state index is 0. The van der Waals surface area contributed by atoms with Crippen LogP contribution in [0.2, 0.25) is 0 Å². The molecule has 3 rings (SSSR count). The SMILES string of the molecule is CCNC(=NCC(O)COc1cccc(C)c1)NC(C)c1cccc(N2CCCC2)c1.I. The number of hydrogen-bond acceptors (Lipinski definition) is 4. The number of nitrogens with one attached hydrogen (secondary N) is 2. The minimum atomic E-state index is -0.676. The van der Waals surface area contributed by atoms with Crippen molar-refractivity contribution in [3.05, 3.63) is 59.7 Å². The van der Waals surface area contributed by atoms with Gasteiger partial charge in [0.05, 0.1) is 12.6 Å². The minimum Gasteiger partial charge on any atom is -0.491 e. The summed E-state index contributed by atoms with van der Waals surface area (Å²) in [5, 5.41) is 17.0. The number of aliphatic hydroxyl groups excluding tert-OH is 1. The van der Waals surface area contributed by atoms with Crippen LogP contribution >= 0.6 is 24.0 Å². The summed E-state index contributed by atoms with van der Waals surface area (Å²) in [4.78, 5) is 7.01. The fourth-order valence-electron chi connectivity index (χ4n) is 3.72. The number of aryl methyl sites for hydroxylation is 1. The van der Waals surface area contributed by atoms with Gasteiger partial charge in [-0.2, -0.15) is 0 Å². The van der Waals surface area contributed by atoms with Crippen molar-refractivity contribution in [1.29, 1.82) is 0 Å². The molecular weight excluding hydrogens is 515 g/mol. The van der Waals surface area contributed by atoms with Crippen LogP contribution in [-0.2, 0) is 0 Å². The van der Waals surface area contributed by atoms with E-state index in [0.29, 0.717) is 5.96 Å². The molecule has 0 saturated carbocycles. The van der Waals surface area contributed by atoms with E-state index in [0.717, 1.165) is 30.9 Å². The number of benzene rings is 2. The van der Waals surface area contributed by atoms with Gasteiger partial charge in [0.1, 0.15) is 18.5 Å². The van der Waals surface area contributed by atoms with Crippen molar-refractivity contribution in [1.82, 2.24) is 10.6 Å². The molecule has 176 valence electrons. The Hall–Kier alpha value is -2.00. The molecule has 0 amide bonds. The molecule has 0 radical (unpaired) electrons. The third-order valence-electron chi connectivity index (χ3n) is 5.43. The second kappa shape index (κ2) is 13.5. The Morgan fingerprint density at radius 3 is 2.62 bits per heavy atom. The molecule has 2 atom stereocenters. The van der Waals surface area contributed by atoms with Crippen molar-refractivity contribution in [3.8, 4) is 5.75 Å². The molecule has 0 bridgehead atoms. The van der Waals surface area contributed by atoms with E-state index in [1.165, 1.54) is 24.1 Å². The summed E-state index contributed by atoms with van der Waals surface area (Å²) in [6.07, 6.45) is 1.86. The molecule has 32 heavy (non-hydrogen) atoms. The predicted molar refractivity (Wildman–Crippen MR) is 144 cm³/mol. The van der Waals surface area contributed by atoms with Gasteiger partial charge < -0.3 is 25.4 Å². The molecule has 1 fully saturated rings. The molecule has 2 unspecified atom stereocenters. The number of ether oxygens (including phenoxy) is 1. The molecule has 0 aliphatic carbocycles. The van der Waals surface area contributed by atoms with Gasteiger partial charge in [0.25, 0.3) is 0 Å². The lowest BCUT2D eigenvalue weighted by molar-refractivity contribution is 0.114. The zero-order chi connectivity index (χ0) is 22.1. The summed E-state index contributed by atoms with van der Waals surface area (Å²) in [5.74, 6) is 1.45. The molecule has 1 saturated heterocycles. The van der Waals surface area contributed by atoms with Crippen LogP contribution in [0.1, 0.15) is 43.9 Å². The fourth-order valence-corrected chi connectivity index (χ4v) is 3.72. The van der Waals surface area contributed by atoms with E-state index in [1.54, 1.807) is 0 Å². The van der Waals surface area contributed by atoms with Crippen LogP contribution in [0.15, 0.2) is 53.5 Å². The molecule has 2 aromatic carbocycles. The Balaban J connectivity index is 0.00000363. The normalized spacial score (nSPS) is 15.6. The van der Waals surface area contributed by atoms with Crippen LogP contribution < -0.4 is 20.3 Å². The molecule has 1 aliphatic rings. The first-order valence-corrected chi connectivity index (χ1v) is 11.3. The average Bonchev–Trinajstić information content (AvgIpc) is 3.31. The van der Waals surface area contributed by atoms with Gasteiger partial charge in [-0.05, 0) is 69.0 Å². The van der Waals surface area contributed by atoms with E-state index >= 15 is 0 Å². The third-order valence-corrected chi connectivity index (χ3v) is 5.43. The van der Waals surface area contributed by atoms with Gasteiger partial charge in [-0.3, -0.25) is 4.99 Å².